The highest BCUT2D eigenvalue weighted by Gasteiger charge is 2.51. The van der Waals surface area contributed by atoms with Gasteiger partial charge in [-0.05, 0) is 0 Å². The first-order valence-corrected chi connectivity index (χ1v) is 6.72. The van der Waals surface area contributed by atoms with E-state index in [1.165, 1.54) is 0 Å². The monoisotopic (exact) mass is 348 g/mol. The van der Waals surface area contributed by atoms with Crippen molar-refractivity contribution in [1.82, 2.24) is 5.32 Å². The minimum Gasteiger partial charge on any atom is -0.478 e. The Labute approximate surface area is 136 Å². The highest BCUT2D eigenvalue weighted by Crippen LogP contribution is 2.30. The summed E-state index contributed by atoms with van der Waals surface area (Å²) in [4.78, 5) is 26.0. The maximum absolute atomic E-state index is 11.4. The van der Waals surface area contributed by atoms with Gasteiger partial charge in [-0.2, -0.15) is 0 Å². The molecule has 0 aliphatic carbocycles. The summed E-state index contributed by atoms with van der Waals surface area (Å²) in [6.45, 7) is 0.193. The number of aliphatic hydroxyl groups is 4. The lowest BCUT2D eigenvalue weighted by Gasteiger charge is -2.42. The van der Waals surface area contributed by atoms with Crippen LogP contribution in [0.3, 0.4) is 0 Å². The van der Waals surface area contributed by atoms with Crippen LogP contribution in [-0.4, -0.2) is 80.1 Å². The number of rotatable bonds is 6. The molecule has 0 saturated heterocycles. The van der Waals surface area contributed by atoms with E-state index < -0.39 is 60.3 Å². The minimum absolute atomic E-state index is 0.633. The third-order valence-electron chi connectivity index (χ3n) is 3.19. The molecule has 10 N–H and O–H groups in total. The standard InChI is InChI=1S/C12H20N4O8/c1-4(18)15-9-8(7(20)5(19)3-17)24-6(10(21)22)2-12(9,23)16-11(13)14/h2,5,7-9,17,19-20,23H,3H2,1H3,(H,15,18)(H,21,22)(H4,13,14,16)/t5-,7-,8-,9+,12+/m1/s1. The van der Waals surface area contributed by atoms with Crippen molar-refractivity contribution in [2.75, 3.05) is 6.61 Å². The Bertz CT molecular complexity index is 561. The minimum atomic E-state index is -2.47. The molecule has 12 nitrogen and oxygen atoms in total. The Balaban J connectivity index is 3.45. The molecule has 0 saturated carbocycles. The fourth-order valence-corrected chi connectivity index (χ4v) is 2.20. The summed E-state index contributed by atoms with van der Waals surface area (Å²) >= 11 is 0. The first-order chi connectivity index (χ1) is 11.0. The molecule has 1 heterocycles. The second-order valence-corrected chi connectivity index (χ2v) is 5.13. The molecule has 0 aromatic heterocycles. The van der Waals surface area contributed by atoms with Crippen molar-refractivity contribution in [3.8, 4) is 0 Å². The molecule has 0 radical (unpaired) electrons. The summed E-state index contributed by atoms with van der Waals surface area (Å²) in [5.74, 6) is -3.75. The smallest absolute Gasteiger partial charge is 0.371 e. The van der Waals surface area contributed by atoms with Gasteiger partial charge in [0, 0.05) is 13.0 Å². The van der Waals surface area contributed by atoms with Gasteiger partial charge in [-0.3, -0.25) is 4.79 Å². The second-order valence-electron chi connectivity index (χ2n) is 5.13. The maximum Gasteiger partial charge on any atom is 0.371 e. The van der Waals surface area contributed by atoms with Crippen LogP contribution in [0.5, 0.6) is 0 Å². The summed E-state index contributed by atoms with van der Waals surface area (Å²) in [6.07, 6.45) is -4.66. The van der Waals surface area contributed by atoms with E-state index in [0.717, 1.165) is 6.92 Å². The van der Waals surface area contributed by atoms with Crippen LogP contribution in [0.4, 0.5) is 0 Å². The van der Waals surface area contributed by atoms with Crippen LogP contribution in [0.2, 0.25) is 0 Å². The first-order valence-electron chi connectivity index (χ1n) is 6.72. The number of aliphatic hydroxyl groups excluding tert-OH is 3. The van der Waals surface area contributed by atoms with Crippen LogP contribution < -0.4 is 16.8 Å². The average Bonchev–Trinajstić information content (AvgIpc) is 2.46. The van der Waals surface area contributed by atoms with E-state index in [0.29, 0.717) is 6.08 Å². The van der Waals surface area contributed by atoms with Crippen molar-refractivity contribution in [2.24, 2.45) is 16.5 Å². The zero-order valence-electron chi connectivity index (χ0n) is 12.7. The van der Waals surface area contributed by atoms with Crippen LogP contribution in [-0.2, 0) is 14.3 Å². The third-order valence-corrected chi connectivity index (χ3v) is 3.19. The van der Waals surface area contributed by atoms with Gasteiger partial charge in [0.05, 0.1) is 6.61 Å². The topological polar surface area (TPSA) is 221 Å². The SMILES string of the molecule is CC(=O)N[C@H]1[C@@H]([C@H](O)[C@H](O)CO)OC(C(=O)O)=C[C@@]1(O)N=C(N)N. The quantitative estimate of drug-likeness (QED) is 0.170. The van der Waals surface area contributed by atoms with Crippen molar-refractivity contribution < 1.29 is 39.9 Å². The van der Waals surface area contributed by atoms with Gasteiger partial charge in [-0.25, -0.2) is 9.79 Å². The van der Waals surface area contributed by atoms with Crippen molar-refractivity contribution in [1.29, 1.82) is 0 Å². The summed E-state index contributed by atoms with van der Waals surface area (Å²) < 4.78 is 5.04. The van der Waals surface area contributed by atoms with E-state index in [4.69, 9.17) is 26.4 Å². The highest BCUT2D eigenvalue weighted by molar-refractivity contribution is 5.85. The van der Waals surface area contributed by atoms with Crippen molar-refractivity contribution in [3.63, 3.8) is 0 Å². The Morgan fingerprint density at radius 3 is 2.46 bits per heavy atom. The van der Waals surface area contributed by atoms with Crippen molar-refractivity contribution >= 4 is 17.8 Å². The number of carbonyl (C=O) groups excluding carboxylic acids is 1. The van der Waals surface area contributed by atoms with Gasteiger partial charge in [-0.1, -0.05) is 0 Å². The Morgan fingerprint density at radius 2 is 2.04 bits per heavy atom. The van der Waals surface area contributed by atoms with Gasteiger partial charge in [0.1, 0.15) is 18.2 Å². The van der Waals surface area contributed by atoms with E-state index in [1.54, 1.807) is 0 Å². The summed E-state index contributed by atoms with van der Waals surface area (Å²) in [6, 6.07) is -1.56. The van der Waals surface area contributed by atoms with Gasteiger partial charge in [0.15, 0.2) is 12.1 Å². The summed E-state index contributed by atoms with van der Waals surface area (Å²) in [7, 11) is 0. The number of hydrogen-bond donors (Lipinski definition) is 8. The number of aliphatic imine (C=N–C) groups is 1. The zero-order valence-corrected chi connectivity index (χ0v) is 12.7. The molecule has 1 rings (SSSR count). The van der Waals surface area contributed by atoms with Gasteiger partial charge in [0.25, 0.3) is 0 Å². The molecule has 0 aromatic rings. The predicted molar refractivity (Wildman–Crippen MR) is 78.1 cm³/mol. The molecule has 136 valence electrons. The van der Waals surface area contributed by atoms with Crippen LogP contribution in [0.25, 0.3) is 0 Å². The molecule has 5 atom stereocenters. The van der Waals surface area contributed by atoms with E-state index >= 15 is 0 Å². The maximum atomic E-state index is 11.4. The Morgan fingerprint density at radius 1 is 1.46 bits per heavy atom. The van der Waals surface area contributed by atoms with E-state index in [9.17, 15) is 24.9 Å². The van der Waals surface area contributed by atoms with E-state index in [2.05, 4.69) is 10.3 Å². The lowest BCUT2D eigenvalue weighted by molar-refractivity contribution is -0.156. The zero-order chi connectivity index (χ0) is 18.7. The number of nitrogens with one attached hydrogen (secondary N) is 1. The highest BCUT2D eigenvalue weighted by atomic mass is 16.5. The summed E-state index contributed by atoms with van der Waals surface area (Å²) in [5.41, 5.74) is 7.96. The van der Waals surface area contributed by atoms with Crippen LogP contribution in [0, 0.1) is 0 Å². The van der Waals surface area contributed by atoms with Crippen LogP contribution >= 0.6 is 0 Å². The average molecular weight is 348 g/mol. The normalized spacial score (nSPS) is 28.8. The molecule has 0 unspecified atom stereocenters. The van der Waals surface area contributed by atoms with Crippen LogP contribution in [0.15, 0.2) is 16.8 Å². The molecule has 1 aliphatic heterocycles. The number of hydrogen-bond acceptors (Lipinski definition) is 8. The fourth-order valence-electron chi connectivity index (χ4n) is 2.20. The van der Waals surface area contributed by atoms with Gasteiger partial charge < -0.3 is 47.1 Å². The lowest BCUT2D eigenvalue weighted by Crippen LogP contribution is -2.65. The largest absolute Gasteiger partial charge is 0.478 e. The number of carboxylic acid groups (broad SMARTS) is 1. The number of carbonyl (C=O) groups is 2. The third kappa shape index (κ3) is 4.32. The lowest BCUT2D eigenvalue weighted by atomic mass is 9.89. The molecule has 0 spiro atoms. The van der Waals surface area contributed by atoms with Crippen molar-refractivity contribution in [3.05, 3.63) is 11.8 Å². The molecular weight excluding hydrogens is 328 g/mol. The molecule has 1 aliphatic rings. The molecule has 0 aromatic carbocycles. The number of ether oxygens (including phenoxy) is 1. The predicted octanol–water partition coefficient (Wildman–Crippen LogP) is -4.47. The van der Waals surface area contributed by atoms with Gasteiger partial charge in [0.2, 0.25) is 17.4 Å². The first kappa shape index (κ1) is 19.6. The Hall–Kier alpha value is -2.41. The fraction of sp³-hybridized carbons (Fsp3) is 0.583. The number of carboxylic acids is 1. The summed E-state index contributed by atoms with van der Waals surface area (Å²) in [5, 5.41) is 50.5. The van der Waals surface area contributed by atoms with E-state index in [-0.39, 0.29) is 0 Å². The van der Waals surface area contributed by atoms with Gasteiger partial charge >= 0.3 is 5.97 Å². The molecule has 12 heteroatoms. The molecular formula is C12H20N4O8. The number of guanidine groups is 1. The Kier molecular flexibility index (Phi) is 6.09. The molecule has 24 heavy (non-hydrogen) atoms. The molecule has 0 bridgehead atoms. The number of nitrogens with two attached hydrogens (primary N) is 2. The number of amides is 1. The molecule has 1 amide bonds. The van der Waals surface area contributed by atoms with Crippen molar-refractivity contribution in [2.45, 2.75) is 37.0 Å². The number of nitrogens with zero attached hydrogens (tertiary/aromatic N) is 1. The second kappa shape index (κ2) is 7.44. The van der Waals surface area contributed by atoms with E-state index in [1.807, 2.05) is 0 Å². The van der Waals surface area contributed by atoms with Crippen LogP contribution in [0.1, 0.15) is 6.92 Å². The van der Waals surface area contributed by atoms with Gasteiger partial charge in [-0.15, -0.1) is 0 Å². The molecule has 0 fully saturated rings. The number of aliphatic carboxylic acids is 1.